The number of sulfone groups is 1. The molecule has 0 saturated carbocycles. The van der Waals surface area contributed by atoms with Crippen LogP contribution < -0.4 is 0 Å². The highest BCUT2D eigenvalue weighted by atomic mass is 32.2. The van der Waals surface area contributed by atoms with Crippen LogP contribution in [0, 0.1) is 0 Å². The van der Waals surface area contributed by atoms with Crippen molar-refractivity contribution in [2.75, 3.05) is 5.75 Å². The Balaban J connectivity index is 3.02. The van der Waals surface area contributed by atoms with Gasteiger partial charge >= 0.3 is 11.9 Å². The van der Waals surface area contributed by atoms with E-state index < -0.39 is 27.0 Å². The van der Waals surface area contributed by atoms with E-state index >= 15 is 0 Å². The molecule has 76 valence electrons. The molecule has 0 amide bonds. The third-order valence-electron chi connectivity index (χ3n) is 2.02. The van der Waals surface area contributed by atoms with E-state index in [4.69, 9.17) is 5.11 Å². The van der Waals surface area contributed by atoms with Gasteiger partial charge < -0.3 is 5.11 Å². The van der Waals surface area contributed by atoms with Gasteiger partial charge in [-0.2, -0.15) is 8.78 Å². The lowest BCUT2D eigenvalue weighted by atomic mass is 10.1. The monoisotopic (exact) mass is 214 g/mol. The van der Waals surface area contributed by atoms with Crippen LogP contribution in [-0.2, 0) is 14.6 Å². The zero-order chi connectivity index (χ0) is 10.3. The van der Waals surface area contributed by atoms with E-state index in [9.17, 15) is 22.0 Å². The Morgan fingerprint density at radius 1 is 1.46 bits per heavy atom. The standard InChI is InChI=1S/C6H8F2O4S/c7-6(8,5(9)10)4-2-1-3-13(4,11)12/h4H,1-3H2,(H,9,10). The van der Waals surface area contributed by atoms with Gasteiger partial charge in [0.1, 0.15) is 5.25 Å². The molecule has 0 aromatic rings. The average molecular weight is 214 g/mol. The van der Waals surface area contributed by atoms with Crippen molar-refractivity contribution in [3.8, 4) is 0 Å². The van der Waals surface area contributed by atoms with Gasteiger partial charge in [0.25, 0.3) is 0 Å². The van der Waals surface area contributed by atoms with Crippen LogP contribution in [0.4, 0.5) is 8.78 Å². The second-order valence-corrected chi connectivity index (χ2v) is 5.23. The number of hydrogen-bond acceptors (Lipinski definition) is 3. The first-order valence-corrected chi connectivity index (χ1v) is 5.33. The van der Waals surface area contributed by atoms with Crippen LogP contribution in [0.5, 0.6) is 0 Å². The van der Waals surface area contributed by atoms with E-state index in [-0.39, 0.29) is 18.6 Å². The molecule has 1 aliphatic rings. The number of alkyl halides is 2. The summed E-state index contributed by atoms with van der Waals surface area (Å²) in [6.07, 6.45) is -0.169. The molecule has 1 heterocycles. The molecular formula is C6H8F2O4S. The minimum Gasteiger partial charge on any atom is -0.477 e. The molecular weight excluding hydrogens is 206 g/mol. The SMILES string of the molecule is O=C(O)C(F)(F)C1CCCS1(=O)=O. The maximum absolute atomic E-state index is 12.8. The highest BCUT2D eigenvalue weighted by Crippen LogP contribution is 2.33. The smallest absolute Gasteiger partial charge is 0.376 e. The molecule has 0 aromatic heterocycles. The number of hydrogen-bond donors (Lipinski definition) is 1. The van der Waals surface area contributed by atoms with Crippen molar-refractivity contribution in [1.29, 1.82) is 0 Å². The van der Waals surface area contributed by atoms with Gasteiger partial charge in [-0.1, -0.05) is 0 Å². The zero-order valence-corrected chi connectivity index (χ0v) is 7.35. The van der Waals surface area contributed by atoms with Crippen molar-refractivity contribution in [2.24, 2.45) is 0 Å². The fourth-order valence-electron chi connectivity index (χ4n) is 1.34. The lowest BCUT2D eigenvalue weighted by Gasteiger charge is -2.17. The number of carboxylic acids is 1. The summed E-state index contributed by atoms with van der Waals surface area (Å²) in [7, 11) is -3.92. The third kappa shape index (κ3) is 1.65. The Morgan fingerprint density at radius 2 is 2.00 bits per heavy atom. The first-order valence-electron chi connectivity index (χ1n) is 3.61. The molecule has 1 saturated heterocycles. The van der Waals surface area contributed by atoms with E-state index in [0.29, 0.717) is 0 Å². The molecule has 13 heavy (non-hydrogen) atoms. The zero-order valence-electron chi connectivity index (χ0n) is 6.53. The Kier molecular flexibility index (Phi) is 2.31. The Labute approximate surface area is 73.5 Å². The van der Waals surface area contributed by atoms with Crippen molar-refractivity contribution in [1.82, 2.24) is 0 Å². The van der Waals surface area contributed by atoms with Crippen LogP contribution in [-0.4, -0.2) is 36.4 Å². The second-order valence-electron chi connectivity index (χ2n) is 2.93. The molecule has 1 fully saturated rings. The minimum atomic E-state index is -4.16. The first-order chi connectivity index (χ1) is 5.78. The van der Waals surface area contributed by atoms with E-state index in [2.05, 4.69) is 0 Å². The minimum absolute atomic E-state index is 0.107. The number of halogens is 2. The summed E-state index contributed by atoms with van der Waals surface area (Å²) in [5.74, 6) is -6.88. The van der Waals surface area contributed by atoms with Gasteiger partial charge in [0.05, 0.1) is 5.75 Å². The van der Waals surface area contributed by atoms with Crippen molar-refractivity contribution in [3.63, 3.8) is 0 Å². The van der Waals surface area contributed by atoms with Crippen molar-refractivity contribution >= 4 is 15.8 Å². The average Bonchev–Trinajstić information content (AvgIpc) is 2.29. The summed E-state index contributed by atoms with van der Waals surface area (Å²) < 4.78 is 47.5. The number of aliphatic carboxylic acids is 1. The molecule has 1 unspecified atom stereocenters. The predicted octanol–water partition coefficient (Wildman–Crippen LogP) is 0.284. The molecule has 1 rings (SSSR count). The van der Waals surface area contributed by atoms with Crippen LogP contribution in [0.3, 0.4) is 0 Å². The van der Waals surface area contributed by atoms with Gasteiger partial charge in [-0.3, -0.25) is 0 Å². The molecule has 0 aliphatic carbocycles. The quantitative estimate of drug-likeness (QED) is 0.716. The normalized spacial score (nSPS) is 27.4. The van der Waals surface area contributed by atoms with E-state index in [0.717, 1.165) is 0 Å². The van der Waals surface area contributed by atoms with Crippen molar-refractivity contribution in [3.05, 3.63) is 0 Å². The fraction of sp³-hybridized carbons (Fsp3) is 0.833. The molecule has 1 aliphatic heterocycles. The van der Waals surface area contributed by atoms with Gasteiger partial charge in [-0.25, -0.2) is 13.2 Å². The van der Waals surface area contributed by atoms with E-state index in [1.807, 2.05) is 0 Å². The highest BCUT2D eigenvalue weighted by Gasteiger charge is 2.55. The number of rotatable bonds is 2. The largest absolute Gasteiger partial charge is 0.477 e. The van der Waals surface area contributed by atoms with Gasteiger partial charge in [-0.05, 0) is 12.8 Å². The van der Waals surface area contributed by atoms with Crippen LogP contribution >= 0.6 is 0 Å². The topological polar surface area (TPSA) is 71.4 Å². The van der Waals surface area contributed by atoms with E-state index in [1.54, 1.807) is 0 Å². The Hall–Kier alpha value is -0.720. The van der Waals surface area contributed by atoms with Crippen LogP contribution in [0.1, 0.15) is 12.8 Å². The lowest BCUT2D eigenvalue weighted by molar-refractivity contribution is -0.164. The second kappa shape index (κ2) is 2.90. The molecule has 0 radical (unpaired) electrons. The van der Waals surface area contributed by atoms with Crippen molar-refractivity contribution in [2.45, 2.75) is 24.0 Å². The molecule has 0 spiro atoms. The molecule has 1 N–H and O–H groups in total. The lowest BCUT2D eigenvalue weighted by Crippen LogP contribution is -2.43. The summed E-state index contributed by atoms with van der Waals surface area (Å²) in [5, 5.41) is 6.08. The maximum Gasteiger partial charge on any atom is 0.376 e. The molecule has 0 aromatic carbocycles. The Morgan fingerprint density at radius 3 is 2.31 bits per heavy atom. The fourth-order valence-corrected chi connectivity index (χ4v) is 3.27. The van der Waals surface area contributed by atoms with E-state index in [1.165, 1.54) is 0 Å². The van der Waals surface area contributed by atoms with Gasteiger partial charge in [-0.15, -0.1) is 0 Å². The predicted molar refractivity (Wildman–Crippen MR) is 39.4 cm³/mol. The van der Waals surface area contributed by atoms with Gasteiger partial charge in [0.2, 0.25) is 0 Å². The summed E-state index contributed by atoms with van der Waals surface area (Å²) in [6, 6.07) is 0. The number of carboxylic acid groups (broad SMARTS) is 1. The van der Waals surface area contributed by atoms with Crippen LogP contribution in [0.15, 0.2) is 0 Å². The summed E-state index contributed by atoms with van der Waals surface area (Å²) in [6.45, 7) is 0. The summed E-state index contributed by atoms with van der Waals surface area (Å²) in [5.41, 5.74) is 0. The molecule has 0 bridgehead atoms. The Bertz CT molecular complexity index is 322. The third-order valence-corrected chi connectivity index (χ3v) is 4.27. The van der Waals surface area contributed by atoms with Crippen LogP contribution in [0.2, 0.25) is 0 Å². The molecule has 4 nitrogen and oxygen atoms in total. The molecule has 7 heteroatoms. The highest BCUT2D eigenvalue weighted by molar-refractivity contribution is 7.92. The van der Waals surface area contributed by atoms with Crippen LogP contribution in [0.25, 0.3) is 0 Å². The van der Waals surface area contributed by atoms with Gasteiger partial charge in [0, 0.05) is 0 Å². The number of carbonyl (C=O) groups is 1. The molecule has 1 atom stereocenters. The first kappa shape index (κ1) is 10.4. The summed E-state index contributed by atoms with van der Waals surface area (Å²) >= 11 is 0. The van der Waals surface area contributed by atoms with Crippen molar-refractivity contribution < 1.29 is 27.1 Å². The summed E-state index contributed by atoms with van der Waals surface area (Å²) in [4.78, 5) is 10.1. The maximum atomic E-state index is 12.8. The van der Waals surface area contributed by atoms with Gasteiger partial charge in [0.15, 0.2) is 9.84 Å².